The summed E-state index contributed by atoms with van der Waals surface area (Å²) < 4.78 is 916. The maximum atomic E-state index is 16.6. The van der Waals surface area contributed by atoms with Gasteiger partial charge in [0.05, 0.1) is 22.4 Å². The van der Waals surface area contributed by atoms with Crippen molar-refractivity contribution < 1.29 is 301 Å². The molecule has 0 saturated heterocycles. The number of fused-ring (bicyclic) bond motifs is 3. The number of nitrogens with zero attached hydrogens (tertiary/aromatic N) is 14. The third-order valence-electron chi connectivity index (χ3n) is 17.5. The number of hydrogen-bond acceptors (Lipinski definition) is 19. The van der Waals surface area contributed by atoms with Crippen molar-refractivity contribution in [2.24, 2.45) is 0 Å². The molecule has 2 aromatic carbocycles. The van der Waals surface area contributed by atoms with Crippen LogP contribution in [-0.2, 0) is 0 Å². The Balaban J connectivity index is 1.62. The van der Waals surface area contributed by atoms with Gasteiger partial charge in [-0.15, -0.1) is 15.0 Å². The Hall–Kier alpha value is -12.4. The average molecular weight is 2220 g/mol. The maximum absolute atomic E-state index is 16.6. The lowest BCUT2D eigenvalue weighted by Gasteiger charge is -2.33. The molecular formula is C61H18F62N14O6. The molecule has 143 heavy (non-hydrogen) atoms. The van der Waals surface area contributed by atoms with E-state index in [-0.39, 0.29) is 0 Å². The molecule has 0 radical (unpaired) electrons. The highest BCUT2D eigenvalue weighted by molar-refractivity contribution is 6.12. The molecule has 6 aromatic heterocycles. The van der Waals surface area contributed by atoms with Crippen molar-refractivity contribution in [2.45, 2.75) is 144 Å². The van der Waals surface area contributed by atoms with Gasteiger partial charge in [0, 0.05) is 10.8 Å². The third-order valence-corrected chi connectivity index (χ3v) is 17.5. The molecule has 0 atom stereocenters. The van der Waals surface area contributed by atoms with Crippen LogP contribution in [0.1, 0.15) is 0 Å². The number of benzene rings is 2. The van der Waals surface area contributed by atoms with Crippen LogP contribution in [0.5, 0.6) is 36.1 Å². The molecule has 0 amide bonds. The minimum Gasteiger partial charge on any atom is -0.457 e. The lowest BCUT2D eigenvalue weighted by atomic mass is 10.0. The number of anilines is 6. The fourth-order valence-electron chi connectivity index (χ4n) is 10.1. The SMILES string of the molecule is Fc1nc(F)c(F)c(N(c2ccc3c(c2)c2cc(N(c4nc(OCC(F)(F)C(F)(F)C(F)(F)C(F)(F)F)nc(OCC(F)(F)C(F)(F)C(F)(F)C(F)(F)F)n4)c4c(F)c(F)nc(F)c4F)ccc2n3-c2nc(OCC(F)(F)C(F)(F)C(F)(F)C(F)(F)F)nc(OCC(F)(F)C(F)(F)C(F)(F)C(F)(F)F)n2)c2nc(OCC(F)(F)C(F)(F)C(F)(F)C(F)(F)F)nc(OCC(F)(F)C(F)(F)C(F)(F)C(F)(F)F)n2)c1F. The molecule has 0 N–H and O–H groups in total. The number of ether oxygens (including phenoxy) is 6. The molecule has 8 rings (SSSR count). The second-order valence-electron chi connectivity index (χ2n) is 27.2. The van der Waals surface area contributed by atoms with E-state index >= 15 is 87.8 Å². The quantitative estimate of drug-likeness (QED) is 0.0262. The van der Waals surface area contributed by atoms with Crippen LogP contribution in [0.25, 0.3) is 27.8 Å². The fraction of sp³-hybridized carbons (Fsp3) is 0.492. The predicted octanol–water partition coefficient (Wildman–Crippen LogP) is 23.3. The van der Waals surface area contributed by atoms with E-state index in [4.69, 9.17) is 0 Å². The van der Waals surface area contributed by atoms with Crippen molar-refractivity contribution in [3.8, 4) is 42.0 Å². The summed E-state index contributed by atoms with van der Waals surface area (Å²) >= 11 is 0. The first-order chi connectivity index (χ1) is 63.6. The van der Waals surface area contributed by atoms with Crippen LogP contribution in [-0.4, -0.2) is 243 Å². The smallest absolute Gasteiger partial charge is 0.457 e. The number of hydrogen-bond donors (Lipinski definition) is 0. The van der Waals surface area contributed by atoms with Gasteiger partial charge in [0.25, 0.3) is 23.8 Å². The van der Waals surface area contributed by atoms with Gasteiger partial charge in [-0.25, -0.2) is 0 Å². The van der Waals surface area contributed by atoms with Gasteiger partial charge >= 0.3 is 180 Å². The Morgan fingerprint density at radius 2 is 0.378 bits per heavy atom. The average Bonchev–Trinajstić information content (AvgIpc) is 1.43. The van der Waals surface area contributed by atoms with Crippen molar-refractivity contribution in [2.75, 3.05) is 49.4 Å². The normalized spacial score (nSPS) is 14.7. The van der Waals surface area contributed by atoms with E-state index in [0.29, 0.717) is 0 Å². The Bertz CT molecular complexity index is 5500. The van der Waals surface area contributed by atoms with E-state index in [9.17, 15) is 184 Å². The first-order valence-corrected chi connectivity index (χ1v) is 34.0. The summed E-state index contributed by atoms with van der Waals surface area (Å²) in [5.74, 6) is -178. The molecule has 802 valence electrons. The van der Waals surface area contributed by atoms with Crippen LogP contribution in [0.3, 0.4) is 0 Å². The van der Waals surface area contributed by atoms with E-state index in [2.05, 4.69) is 73.3 Å². The lowest BCUT2D eigenvalue weighted by Crippen LogP contribution is -2.62. The Kier molecular flexibility index (Phi) is 29.0. The molecule has 0 unspecified atom stereocenters. The topological polar surface area (TPSA) is 209 Å². The monoisotopic (exact) mass is 2220 g/mol. The molecule has 0 bridgehead atoms. The third kappa shape index (κ3) is 19.7. The van der Waals surface area contributed by atoms with Crippen LogP contribution in [0.2, 0.25) is 0 Å². The van der Waals surface area contributed by atoms with Crippen molar-refractivity contribution in [3.63, 3.8) is 0 Å². The number of rotatable bonds is 37. The van der Waals surface area contributed by atoms with Crippen molar-refractivity contribution in [1.29, 1.82) is 0 Å². The van der Waals surface area contributed by atoms with Gasteiger partial charge in [-0.2, -0.15) is 312 Å². The first kappa shape index (κ1) is 116. The number of aromatic nitrogens is 12. The highest BCUT2D eigenvalue weighted by atomic mass is 19.5. The van der Waals surface area contributed by atoms with E-state index in [0.717, 1.165) is 0 Å². The van der Waals surface area contributed by atoms with Crippen molar-refractivity contribution in [1.82, 2.24) is 59.4 Å². The first-order valence-electron chi connectivity index (χ1n) is 34.0. The van der Waals surface area contributed by atoms with Gasteiger partial charge in [-0.1, -0.05) is 0 Å². The summed E-state index contributed by atoms with van der Waals surface area (Å²) in [6.45, 7) is -24.8. The van der Waals surface area contributed by atoms with Crippen molar-refractivity contribution in [3.05, 3.63) is 83.5 Å². The molecule has 82 heteroatoms. The second-order valence-corrected chi connectivity index (χ2v) is 27.2. The van der Waals surface area contributed by atoms with Crippen LogP contribution in [0.15, 0.2) is 36.4 Å². The van der Waals surface area contributed by atoms with E-state index in [1.165, 1.54) is 0 Å². The van der Waals surface area contributed by atoms with Gasteiger partial charge < -0.3 is 28.4 Å². The molecule has 0 saturated carbocycles. The Labute approximate surface area is 734 Å². The summed E-state index contributed by atoms with van der Waals surface area (Å²) in [5, 5.41) is -4.13. The summed E-state index contributed by atoms with van der Waals surface area (Å²) in [6.07, 6.45) is -47.6. The van der Waals surface area contributed by atoms with Gasteiger partial charge in [0.1, 0.15) is 11.4 Å². The highest BCUT2D eigenvalue weighted by Crippen LogP contribution is 2.61. The summed E-state index contributed by atoms with van der Waals surface area (Å²) in [4.78, 5) is 23.9. The largest absolute Gasteiger partial charge is 0.460 e. The molecule has 0 fully saturated rings. The van der Waals surface area contributed by atoms with Crippen LogP contribution >= 0.6 is 0 Å². The number of halogens is 62. The summed E-state index contributed by atoms with van der Waals surface area (Å²) in [7, 11) is 0. The number of alkyl halides is 54. The minimum absolute atomic E-state index is 0.450. The highest BCUT2D eigenvalue weighted by Gasteiger charge is 2.88. The molecule has 6 heterocycles. The summed E-state index contributed by atoms with van der Waals surface area (Å²) in [5.41, 5.74) is -15.0. The van der Waals surface area contributed by atoms with Crippen LogP contribution in [0.4, 0.5) is 307 Å². The van der Waals surface area contributed by atoms with Gasteiger partial charge in [-0.05, 0) is 36.4 Å². The molecule has 0 aliphatic heterocycles. The van der Waals surface area contributed by atoms with Crippen molar-refractivity contribution >= 4 is 56.5 Å². The molecule has 0 aliphatic carbocycles. The lowest BCUT2D eigenvalue weighted by molar-refractivity contribution is -0.398. The zero-order valence-electron chi connectivity index (χ0n) is 64.4. The van der Waals surface area contributed by atoms with Crippen LogP contribution in [0, 0.1) is 47.1 Å². The zero-order chi connectivity index (χ0) is 111. The van der Waals surface area contributed by atoms with E-state index in [1.807, 2.05) is 9.97 Å². The predicted molar refractivity (Wildman–Crippen MR) is 324 cm³/mol. The molecule has 0 spiro atoms. The van der Waals surface area contributed by atoms with Crippen LogP contribution < -0.4 is 38.2 Å². The van der Waals surface area contributed by atoms with Gasteiger partial charge in [-0.3, -0.25) is 14.4 Å². The molecule has 0 aliphatic rings. The molecule has 8 aromatic rings. The minimum atomic E-state index is -8.16. The van der Waals surface area contributed by atoms with E-state index in [1.54, 1.807) is 0 Å². The Morgan fingerprint density at radius 1 is 0.210 bits per heavy atom. The summed E-state index contributed by atoms with van der Waals surface area (Å²) in [6, 6.07) is -21.8. The standard InChI is InChI=1S/C61H18F62N14O6/c62-19-23(20(63)26(67)124-25(19)66)135(29-126-32(138-7-38(70,71)44(82,83)50(94,95)56(106,107)108)132-33(127-29)139-8-39(72,73)45(84,85)51(96,97)57(109,110)111)13-1-3-17-15(5-13)16-6-14(2-4-18(16)137(17)31-130-36(142-11-42(78,79)48(90,91)54(102,103)60(118,119)120)134-37(131-31)143-12-43(80,81)49(92,93)55(104,105)61(121,122)123)136(24-21(64)27(68)125-28(69)22(24)65)30-128-34(140-9-40(74,75)46(86,87)52(98,99)58(112,113)114)133-35(129-30)141-10-41(76,77)47(88,89)53(100,101)59(115,116)117/h1-6H,7-12H2. The Morgan fingerprint density at radius 3 is 0.545 bits per heavy atom. The number of pyridine rings is 2. The zero-order valence-corrected chi connectivity index (χ0v) is 64.4. The molecular weight excluding hydrogens is 2200 g/mol. The van der Waals surface area contributed by atoms with E-state index < -0.39 is 380 Å². The van der Waals surface area contributed by atoms with Gasteiger partial charge in [0.2, 0.25) is 41.1 Å². The maximum Gasteiger partial charge on any atom is 0.460 e. The fourth-order valence-corrected chi connectivity index (χ4v) is 10.1. The van der Waals surface area contributed by atoms with Gasteiger partial charge in [0.15, 0.2) is 39.6 Å². The molecule has 20 nitrogen and oxygen atoms in total. The second kappa shape index (κ2) is 35.8.